The van der Waals surface area contributed by atoms with E-state index in [0.717, 1.165) is 18.2 Å². The third kappa shape index (κ3) is 3.00. The lowest BCUT2D eigenvalue weighted by Gasteiger charge is -2.07. The van der Waals surface area contributed by atoms with Crippen molar-refractivity contribution in [1.29, 1.82) is 0 Å². The summed E-state index contributed by atoms with van der Waals surface area (Å²) in [5.41, 5.74) is -0.860. The highest BCUT2D eigenvalue weighted by Gasteiger charge is 2.30. The van der Waals surface area contributed by atoms with E-state index in [4.69, 9.17) is 11.6 Å². The molecule has 0 radical (unpaired) electrons. The Labute approximate surface area is 88.9 Å². The Bertz CT molecular complexity index is 440. The fraction of sp³-hybridized carbons (Fsp3) is 0.100. The predicted octanol–water partition coefficient (Wildman–Crippen LogP) is 2.91. The highest BCUT2D eigenvalue weighted by molar-refractivity contribution is 6.31. The van der Waals surface area contributed by atoms with Crippen molar-refractivity contribution >= 4 is 17.9 Å². The molecule has 0 aliphatic rings. The van der Waals surface area contributed by atoms with E-state index < -0.39 is 11.7 Å². The summed E-state index contributed by atoms with van der Waals surface area (Å²) < 4.78 is 36.8. The Morgan fingerprint density at radius 3 is 2.53 bits per heavy atom. The Kier molecular flexibility index (Phi) is 3.38. The first-order valence-electron chi connectivity index (χ1n) is 3.77. The van der Waals surface area contributed by atoms with Crippen molar-refractivity contribution in [2.45, 2.75) is 6.18 Å². The smallest absolute Gasteiger partial charge is 0.289 e. The third-order valence-corrected chi connectivity index (χ3v) is 1.89. The summed E-state index contributed by atoms with van der Waals surface area (Å²) in [7, 11) is 0. The van der Waals surface area contributed by atoms with Gasteiger partial charge in [-0.25, -0.2) is 0 Å². The van der Waals surface area contributed by atoms with Crippen molar-refractivity contribution in [3.8, 4) is 11.8 Å². The van der Waals surface area contributed by atoms with Gasteiger partial charge in [0.05, 0.1) is 10.6 Å². The number of rotatable bonds is 0. The second kappa shape index (κ2) is 4.37. The first-order valence-corrected chi connectivity index (χ1v) is 4.15. The number of benzene rings is 1. The molecule has 15 heavy (non-hydrogen) atoms. The first-order chi connectivity index (χ1) is 6.95. The second-order valence-electron chi connectivity index (χ2n) is 2.58. The molecule has 0 spiro atoms. The lowest BCUT2D eigenvalue weighted by atomic mass is 10.1. The van der Waals surface area contributed by atoms with Crippen LogP contribution in [-0.2, 0) is 11.0 Å². The number of carbonyl (C=O) groups is 1. The van der Waals surface area contributed by atoms with Gasteiger partial charge in [0, 0.05) is 5.56 Å². The molecular formula is C10H4ClF3O. The molecule has 1 nitrogen and oxygen atoms in total. The van der Waals surface area contributed by atoms with Gasteiger partial charge in [-0.05, 0) is 24.1 Å². The van der Waals surface area contributed by atoms with Crippen LogP contribution >= 0.6 is 11.6 Å². The topological polar surface area (TPSA) is 17.1 Å². The van der Waals surface area contributed by atoms with Crippen LogP contribution in [0.4, 0.5) is 13.2 Å². The number of hydrogen-bond acceptors (Lipinski definition) is 1. The van der Waals surface area contributed by atoms with Crippen LogP contribution in [-0.4, -0.2) is 6.29 Å². The largest absolute Gasteiger partial charge is 0.416 e. The lowest BCUT2D eigenvalue weighted by Crippen LogP contribution is -2.04. The zero-order valence-electron chi connectivity index (χ0n) is 7.23. The zero-order valence-corrected chi connectivity index (χ0v) is 7.99. The maximum absolute atomic E-state index is 12.3. The molecule has 0 aromatic heterocycles. The summed E-state index contributed by atoms with van der Waals surface area (Å²) in [6.07, 6.45) is -4.15. The van der Waals surface area contributed by atoms with Crippen LogP contribution in [0.25, 0.3) is 0 Å². The fourth-order valence-corrected chi connectivity index (χ4v) is 1.07. The summed E-state index contributed by atoms with van der Waals surface area (Å²) in [6.45, 7) is 0. The molecule has 0 aliphatic carbocycles. The molecule has 5 heteroatoms. The fourth-order valence-electron chi connectivity index (χ4n) is 0.905. The molecule has 0 amide bonds. The Balaban J connectivity index is 3.22. The van der Waals surface area contributed by atoms with Crippen LogP contribution in [0.2, 0.25) is 5.02 Å². The van der Waals surface area contributed by atoms with E-state index in [-0.39, 0.29) is 16.9 Å². The normalized spacial score (nSPS) is 10.4. The minimum Gasteiger partial charge on any atom is -0.289 e. The monoisotopic (exact) mass is 232 g/mol. The lowest BCUT2D eigenvalue weighted by molar-refractivity contribution is -0.137. The molecule has 0 fully saturated rings. The molecule has 1 rings (SSSR count). The number of aldehydes is 1. The quantitative estimate of drug-likeness (QED) is 0.497. The summed E-state index contributed by atoms with van der Waals surface area (Å²) in [6, 6.07) is 2.76. The van der Waals surface area contributed by atoms with E-state index in [1.54, 1.807) is 0 Å². The maximum Gasteiger partial charge on any atom is 0.416 e. The number of alkyl halides is 3. The third-order valence-electron chi connectivity index (χ3n) is 1.56. The molecule has 0 atom stereocenters. The van der Waals surface area contributed by atoms with E-state index in [2.05, 4.69) is 5.92 Å². The molecule has 1 aromatic rings. The molecule has 0 heterocycles. The molecule has 0 aliphatic heterocycles. The minimum absolute atomic E-state index is 0.0152. The van der Waals surface area contributed by atoms with Crippen molar-refractivity contribution < 1.29 is 18.0 Å². The van der Waals surface area contributed by atoms with Crippen LogP contribution in [0.15, 0.2) is 18.2 Å². The molecule has 0 saturated heterocycles. The molecule has 0 unspecified atom stereocenters. The van der Waals surface area contributed by atoms with Gasteiger partial charge in [0.25, 0.3) is 0 Å². The highest BCUT2D eigenvalue weighted by atomic mass is 35.5. The highest BCUT2D eigenvalue weighted by Crippen LogP contribution is 2.31. The van der Waals surface area contributed by atoms with Gasteiger partial charge in [0.1, 0.15) is 0 Å². The van der Waals surface area contributed by atoms with Crippen molar-refractivity contribution in [2.75, 3.05) is 0 Å². The number of carbonyl (C=O) groups excluding carboxylic acids is 1. The Hall–Kier alpha value is -1.47. The summed E-state index contributed by atoms with van der Waals surface area (Å²) in [5.74, 6) is 4.23. The predicted molar refractivity (Wildman–Crippen MR) is 49.4 cm³/mol. The van der Waals surface area contributed by atoms with Crippen molar-refractivity contribution in [3.05, 3.63) is 34.3 Å². The molecule has 78 valence electrons. The van der Waals surface area contributed by atoms with Gasteiger partial charge >= 0.3 is 6.18 Å². The first kappa shape index (κ1) is 11.6. The Morgan fingerprint density at radius 1 is 1.33 bits per heavy atom. The number of hydrogen-bond donors (Lipinski definition) is 0. The van der Waals surface area contributed by atoms with Gasteiger partial charge in [0.15, 0.2) is 6.29 Å². The van der Waals surface area contributed by atoms with E-state index >= 15 is 0 Å². The summed E-state index contributed by atoms with van der Waals surface area (Å²) in [4.78, 5) is 9.93. The van der Waals surface area contributed by atoms with Crippen LogP contribution < -0.4 is 0 Å². The minimum atomic E-state index is -4.44. The van der Waals surface area contributed by atoms with E-state index in [1.807, 2.05) is 5.92 Å². The van der Waals surface area contributed by atoms with Gasteiger partial charge in [-0.2, -0.15) is 13.2 Å². The summed E-state index contributed by atoms with van der Waals surface area (Å²) in [5, 5.41) is 0.0809. The average Bonchev–Trinajstić information content (AvgIpc) is 2.15. The molecular weight excluding hydrogens is 229 g/mol. The zero-order chi connectivity index (χ0) is 11.5. The Morgan fingerprint density at radius 2 is 2.00 bits per heavy atom. The second-order valence-corrected chi connectivity index (χ2v) is 2.99. The maximum atomic E-state index is 12.3. The molecule has 0 bridgehead atoms. The van der Waals surface area contributed by atoms with Gasteiger partial charge in [0.2, 0.25) is 0 Å². The van der Waals surface area contributed by atoms with Crippen LogP contribution in [0, 0.1) is 11.8 Å². The van der Waals surface area contributed by atoms with Crippen LogP contribution in [0.3, 0.4) is 0 Å². The molecule has 0 N–H and O–H groups in total. The van der Waals surface area contributed by atoms with Crippen molar-refractivity contribution in [2.24, 2.45) is 0 Å². The average molecular weight is 233 g/mol. The van der Waals surface area contributed by atoms with E-state index in [1.165, 1.54) is 0 Å². The van der Waals surface area contributed by atoms with Crippen LogP contribution in [0.1, 0.15) is 11.1 Å². The van der Waals surface area contributed by atoms with Crippen molar-refractivity contribution in [3.63, 3.8) is 0 Å². The number of halogens is 4. The van der Waals surface area contributed by atoms with Crippen molar-refractivity contribution in [1.82, 2.24) is 0 Å². The molecule has 1 aromatic carbocycles. The molecule has 0 saturated carbocycles. The van der Waals surface area contributed by atoms with Gasteiger partial charge in [-0.3, -0.25) is 4.79 Å². The van der Waals surface area contributed by atoms with Gasteiger partial charge < -0.3 is 0 Å². The van der Waals surface area contributed by atoms with Crippen LogP contribution in [0.5, 0.6) is 0 Å². The standard InChI is InChI=1S/C10H4ClF3O/c11-9-4-3-8(10(12,13)14)6-7(9)2-1-5-15/h3-6H. The summed E-state index contributed by atoms with van der Waals surface area (Å²) >= 11 is 5.60. The van der Waals surface area contributed by atoms with Gasteiger partial charge in [-0.1, -0.05) is 17.5 Å². The SMILES string of the molecule is O=CC#Cc1cc(C(F)(F)F)ccc1Cl. The van der Waals surface area contributed by atoms with Gasteiger partial charge in [-0.15, -0.1) is 0 Å². The van der Waals surface area contributed by atoms with E-state index in [9.17, 15) is 18.0 Å². The van der Waals surface area contributed by atoms with E-state index in [0.29, 0.717) is 0 Å².